The van der Waals surface area contributed by atoms with Crippen molar-refractivity contribution in [3.8, 4) is 0 Å². The van der Waals surface area contributed by atoms with Gasteiger partial charge in [-0.3, -0.25) is 0 Å². The van der Waals surface area contributed by atoms with Crippen molar-refractivity contribution in [2.45, 2.75) is 6.42 Å². The van der Waals surface area contributed by atoms with Crippen LogP contribution in [0.4, 0.5) is 0 Å². The van der Waals surface area contributed by atoms with Crippen LogP contribution in [0.1, 0.15) is 6.42 Å². The molecule has 1 aliphatic rings. The van der Waals surface area contributed by atoms with Crippen LogP contribution in [0.3, 0.4) is 0 Å². The van der Waals surface area contributed by atoms with E-state index in [1.807, 2.05) is 0 Å². The maximum atomic E-state index is 10.5. The zero-order valence-corrected chi connectivity index (χ0v) is 6.43. The van der Waals surface area contributed by atoms with E-state index in [1.165, 1.54) is 12.2 Å². The molecule has 1 aliphatic carbocycles. The highest BCUT2D eigenvalue weighted by Gasteiger charge is 2.11. The summed E-state index contributed by atoms with van der Waals surface area (Å²) in [4.78, 5) is 10.3. The molecule has 0 aromatic heterocycles. The normalized spacial score (nSPS) is 19.0. The molecule has 1 rings (SSSR count). The van der Waals surface area contributed by atoms with Crippen molar-refractivity contribution >= 4 is 17.0 Å². The van der Waals surface area contributed by atoms with Gasteiger partial charge in [0, 0.05) is 0 Å². The fourth-order valence-corrected chi connectivity index (χ4v) is 1.34. The van der Waals surface area contributed by atoms with Crippen LogP contribution in [0.5, 0.6) is 0 Å². The summed E-state index contributed by atoms with van der Waals surface area (Å²) in [6.07, 6.45) is 5.36. The van der Waals surface area contributed by atoms with E-state index in [2.05, 4.69) is 0 Å². The van der Waals surface area contributed by atoms with Gasteiger partial charge in [0.1, 0.15) is 5.94 Å². The largest absolute Gasteiger partial charge is 0.302 e. The van der Waals surface area contributed by atoms with Gasteiger partial charge in [-0.25, -0.2) is 9.00 Å². The van der Waals surface area contributed by atoms with Gasteiger partial charge in [-0.2, -0.15) is 0 Å². The molecule has 0 aromatic rings. The van der Waals surface area contributed by atoms with Gasteiger partial charge in [0.15, 0.2) is 11.1 Å². The lowest BCUT2D eigenvalue weighted by molar-refractivity contribution is 0.565. The van der Waals surface area contributed by atoms with Crippen LogP contribution in [0.15, 0.2) is 28.7 Å². The van der Waals surface area contributed by atoms with Gasteiger partial charge in [0.25, 0.3) is 0 Å². The molecule has 0 heterocycles. The molecule has 58 valence electrons. The molecule has 0 radical (unpaired) electrons. The highest BCUT2D eigenvalue weighted by molar-refractivity contribution is 7.83. The standard InChI is InChI=1S/C7H6O3S/c8-5-6-3-1-2-4-7(6)11(9)10/h1,3-4H,2H2,(H,9,10). The van der Waals surface area contributed by atoms with E-state index in [0.717, 1.165) is 0 Å². The number of allylic oxidation sites excluding steroid dienone is 4. The summed E-state index contributed by atoms with van der Waals surface area (Å²) < 4.78 is 19.2. The van der Waals surface area contributed by atoms with Gasteiger partial charge in [-0.1, -0.05) is 12.2 Å². The van der Waals surface area contributed by atoms with E-state index in [1.54, 1.807) is 12.0 Å². The van der Waals surface area contributed by atoms with E-state index in [0.29, 0.717) is 6.42 Å². The fraction of sp³-hybridized carbons (Fsp3) is 0.143. The quantitative estimate of drug-likeness (QED) is 0.468. The third-order valence-electron chi connectivity index (χ3n) is 1.29. The molecule has 1 N–H and O–H groups in total. The summed E-state index contributed by atoms with van der Waals surface area (Å²) in [6, 6.07) is 0. The zero-order chi connectivity index (χ0) is 8.27. The first-order valence-electron chi connectivity index (χ1n) is 2.98. The van der Waals surface area contributed by atoms with E-state index < -0.39 is 11.1 Å². The Balaban J connectivity index is 3.04. The monoisotopic (exact) mass is 170 g/mol. The Bertz CT molecular complexity index is 295. The van der Waals surface area contributed by atoms with Crippen molar-refractivity contribution in [3.63, 3.8) is 0 Å². The van der Waals surface area contributed by atoms with E-state index in [-0.39, 0.29) is 10.5 Å². The minimum atomic E-state index is -2.07. The highest BCUT2D eigenvalue weighted by atomic mass is 32.2. The third kappa shape index (κ3) is 1.74. The molecule has 4 heteroatoms. The Hall–Kier alpha value is -0.960. The van der Waals surface area contributed by atoms with Gasteiger partial charge in [0.2, 0.25) is 0 Å². The number of carbonyl (C=O) groups excluding carboxylic acids is 1. The Morgan fingerprint density at radius 3 is 2.82 bits per heavy atom. The molecule has 11 heavy (non-hydrogen) atoms. The Morgan fingerprint density at radius 1 is 1.64 bits per heavy atom. The maximum absolute atomic E-state index is 10.5. The van der Waals surface area contributed by atoms with Crippen molar-refractivity contribution in [2.75, 3.05) is 0 Å². The number of rotatable bonds is 1. The topological polar surface area (TPSA) is 54.4 Å². The predicted molar refractivity (Wildman–Crippen MR) is 41.8 cm³/mol. The molecule has 1 unspecified atom stereocenters. The van der Waals surface area contributed by atoms with Crippen LogP contribution in [0.2, 0.25) is 0 Å². The summed E-state index contributed by atoms with van der Waals surface area (Å²) >= 11 is -2.07. The van der Waals surface area contributed by atoms with Crippen LogP contribution in [0.25, 0.3) is 0 Å². The minimum Gasteiger partial charge on any atom is -0.302 e. The van der Waals surface area contributed by atoms with Crippen molar-refractivity contribution in [1.29, 1.82) is 0 Å². The molecule has 0 spiro atoms. The van der Waals surface area contributed by atoms with Crippen LogP contribution in [0, 0.1) is 0 Å². The SMILES string of the molecule is O=C=C1C=CCC=C1S(=O)O. The molecule has 0 saturated heterocycles. The Morgan fingerprint density at radius 2 is 2.36 bits per heavy atom. The Kier molecular flexibility index (Phi) is 2.54. The molecular formula is C7H6O3S. The average molecular weight is 170 g/mol. The van der Waals surface area contributed by atoms with Crippen molar-refractivity contribution in [1.82, 2.24) is 0 Å². The first-order chi connectivity index (χ1) is 5.25. The van der Waals surface area contributed by atoms with Crippen LogP contribution in [-0.2, 0) is 15.9 Å². The van der Waals surface area contributed by atoms with Crippen molar-refractivity contribution < 1.29 is 13.6 Å². The second kappa shape index (κ2) is 3.44. The van der Waals surface area contributed by atoms with Gasteiger partial charge >= 0.3 is 0 Å². The summed E-state index contributed by atoms with van der Waals surface area (Å²) in [5, 5.41) is 0. The number of hydrogen-bond acceptors (Lipinski definition) is 2. The minimum absolute atomic E-state index is 0.155. The molecule has 0 aliphatic heterocycles. The molecule has 0 fully saturated rings. The lowest BCUT2D eigenvalue weighted by Crippen LogP contribution is -1.98. The van der Waals surface area contributed by atoms with E-state index in [4.69, 9.17) is 4.55 Å². The second-order valence-electron chi connectivity index (χ2n) is 1.97. The summed E-state index contributed by atoms with van der Waals surface area (Å²) in [7, 11) is 0. The maximum Gasteiger partial charge on any atom is 0.187 e. The van der Waals surface area contributed by atoms with Gasteiger partial charge in [-0.05, 0) is 12.5 Å². The average Bonchev–Trinajstić information content (AvgIpc) is 2.04. The first kappa shape index (κ1) is 8.14. The summed E-state index contributed by atoms with van der Waals surface area (Å²) in [6.45, 7) is 0. The lowest BCUT2D eigenvalue weighted by atomic mass is 10.1. The highest BCUT2D eigenvalue weighted by Crippen LogP contribution is 2.17. The fourth-order valence-electron chi connectivity index (χ4n) is 0.803. The van der Waals surface area contributed by atoms with Gasteiger partial charge < -0.3 is 4.55 Å². The predicted octanol–water partition coefficient (Wildman–Crippen LogP) is 0.810. The molecular weight excluding hydrogens is 164 g/mol. The first-order valence-corrected chi connectivity index (χ1v) is 4.09. The van der Waals surface area contributed by atoms with E-state index in [9.17, 15) is 9.00 Å². The second-order valence-corrected chi connectivity index (χ2v) is 2.91. The zero-order valence-electron chi connectivity index (χ0n) is 5.61. The molecule has 0 amide bonds. The van der Waals surface area contributed by atoms with Crippen LogP contribution >= 0.6 is 0 Å². The molecule has 3 nitrogen and oxygen atoms in total. The molecule has 0 aromatic carbocycles. The van der Waals surface area contributed by atoms with Crippen molar-refractivity contribution in [3.05, 3.63) is 28.7 Å². The molecule has 0 bridgehead atoms. The summed E-state index contributed by atoms with van der Waals surface area (Å²) in [5.74, 6) is 1.59. The smallest absolute Gasteiger partial charge is 0.187 e. The van der Waals surface area contributed by atoms with Crippen LogP contribution < -0.4 is 0 Å². The molecule has 0 saturated carbocycles. The van der Waals surface area contributed by atoms with E-state index >= 15 is 0 Å². The third-order valence-corrected chi connectivity index (χ3v) is 2.05. The van der Waals surface area contributed by atoms with Crippen molar-refractivity contribution in [2.24, 2.45) is 0 Å². The van der Waals surface area contributed by atoms with Gasteiger partial charge in [0.05, 0.1) is 10.5 Å². The number of hydrogen-bond donors (Lipinski definition) is 1. The lowest BCUT2D eigenvalue weighted by Gasteiger charge is -2.02. The van der Waals surface area contributed by atoms with Crippen LogP contribution in [-0.4, -0.2) is 14.7 Å². The Labute approximate surface area is 66.4 Å². The van der Waals surface area contributed by atoms with Gasteiger partial charge in [-0.15, -0.1) is 0 Å². The molecule has 1 atom stereocenters. The summed E-state index contributed by atoms with van der Waals surface area (Å²) in [5.41, 5.74) is 0.164.